The number of carbonyl (C=O) groups is 1. The van der Waals surface area contributed by atoms with Crippen molar-refractivity contribution in [1.82, 2.24) is 9.55 Å². The summed E-state index contributed by atoms with van der Waals surface area (Å²) in [7, 11) is 1.93. The van der Waals surface area contributed by atoms with Crippen LogP contribution in [0.3, 0.4) is 0 Å². The van der Waals surface area contributed by atoms with E-state index < -0.39 is 5.97 Å². The number of nitrogens with two attached hydrogens (primary N) is 1. The van der Waals surface area contributed by atoms with Crippen LogP contribution < -0.4 is 10.6 Å². The van der Waals surface area contributed by atoms with Crippen LogP contribution in [0.25, 0.3) is 11.0 Å². The van der Waals surface area contributed by atoms with E-state index >= 15 is 0 Å². The van der Waals surface area contributed by atoms with Crippen LogP contribution in [0, 0.1) is 5.92 Å². The van der Waals surface area contributed by atoms with Crippen molar-refractivity contribution in [2.75, 3.05) is 18.0 Å². The first kappa shape index (κ1) is 21.9. The second-order valence-corrected chi connectivity index (χ2v) is 9.08. The van der Waals surface area contributed by atoms with Gasteiger partial charge in [-0.1, -0.05) is 36.2 Å². The van der Waals surface area contributed by atoms with Crippen molar-refractivity contribution >= 4 is 45.9 Å². The Morgan fingerprint density at radius 3 is 2.61 bits per heavy atom. The molecule has 1 aromatic heterocycles. The molecule has 0 atom stereocenters. The van der Waals surface area contributed by atoms with Crippen LogP contribution in [0.2, 0.25) is 10.0 Å². The van der Waals surface area contributed by atoms with E-state index in [1.54, 1.807) is 12.1 Å². The highest BCUT2D eigenvalue weighted by molar-refractivity contribution is 6.36. The summed E-state index contributed by atoms with van der Waals surface area (Å²) >= 11 is 13.0. The largest absolute Gasteiger partial charge is 0.478 e. The first-order valence-electron chi connectivity index (χ1n) is 10.4. The van der Waals surface area contributed by atoms with E-state index in [9.17, 15) is 9.90 Å². The van der Waals surface area contributed by atoms with Gasteiger partial charge in [0, 0.05) is 38.1 Å². The van der Waals surface area contributed by atoms with E-state index in [2.05, 4.69) is 11.8 Å². The predicted molar refractivity (Wildman–Crippen MR) is 125 cm³/mol. The van der Waals surface area contributed by atoms with Gasteiger partial charge in [0.1, 0.15) is 5.82 Å². The van der Waals surface area contributed by atoms with Gasteiger partial charge in [0.05, 0.1) is 27.3 Å². The molecular weight excluding hydrogens is 435 g/mol. The van der Waals surface area contributed by atoms with Gasteiger partial charge in [-0.2, -0.15) is 0 Å². The molecule has 0 spiro atoms. The zero-order chi connectivity index (χ0) is 22.3. The number of halogens is 2. The molecule has 0 unspecified atom stereocenters. The van der Waals surface area contributed by atoms with Gasteiger partial charge in [0.2, 0.25) is 0 Å². The van der Waals surface area contributed by atoms with Crippen molar-refractivity contribution in [3.05, 3.63) is 56.8 Å². The fraction of sp³-hybridized carbons (Fsp3) is 0.391. The van der Waals surface area contributed by atoms with Crippen molar-refractivity contribution in [3.8, 4) is 0 Å². The van der Waals surface area contributed by atoms with E-state index in [0.29, 0.717) is 34.4 Å². The number of hydrogen-bond donors (Lipinski definition) is 2. The molecule has 8 heteroatoms. The Kier molecular flexibility index (Phi) is 6.15. The molecule has 1 fully saturated rings. The second-order valence-electron chi connectivity index (χ2n) is 8.30. The number of imidazole rings is 1. The average Bonchev–Trinajstić information content (AvgIpc) is 3.05. The molecule has 2 heterocycles. The predicted octanol–water partition coefficient (Wildman–Crippen LogP) is 4.86. The Balaban J connectivity index is 1.78. The summed E-state index contributed by atoms with van der Waals surface area (Å²) in [5.74, 6) is 0.480. The summed E-state index contributed by atoms with van der Waals surface area (Å²) in [6.45, 7) is 4.27. The van der Waals surface area contributed by atoms with E-state index in [1.165, 1.54) is 0 Å². The molecule has 3 aromatic rings. The van der Waals surface area contributed by atoms with Crippen molar-refractivity contribution in [2.45, 2.75) is 32.7 Å². The number of hydrogen-bond acceptors (Lipinski definition) is 4. The van der Waals surface area contributed by atoms with Crippen molar-refractivity contribution in [3.63, 3.8) is 0 Å². The van der Waals surface area contributed by atoms with Gasteiger partial charge >= 0.3 is 5.97 Å². The Morgan fingerprint density at radius 1 is 1.26 bits per heavy atom. The fourth-order valence-electron chi connectivity index (χ4n) is 4.24. The molecule has 0 saturated carbocycles. The summed E-state index contributed by atoms with van der Waals surface area (Å²) in [6.07, 6.45) is 2.54. The summed E-state index contributed by atoms with van der Waals surface area (Å²) < 4.78 is 1.98. The van der Waals surface area contributed by atoms with E-state index in [0.717, 1.165) is 54.1 Å². The maximum absolute atomic E-state index is 12.0. The van der Waals surface area contributed by atoms with Crippen LogP contribution >= 0.6 is 23.2 Å². The Labute approximate surface area is 191 Å². The lowest BCUT2D eigenvalue weighted by Crippen LogP contribution is -2.33. The minimum absolute atomic E-state index is 0.285. The highest BCUT2D eigenvalue weighted by Crippen LogP contribution is 2.33. The number of fused-ring (bicyclic) bond motifs is 1. The number of benzene rings is 2. The zero-order valence-electron chi connectivity index (χ0n) is 17.7. The molecule has 1 saturated heterocycles. The molecule has 0 aliphatic carbocycles. The minimum atomic E-state index is -0.940. The molecule has 31 heavy (non-hydrogen) atoms. The molecule has 0 radical (unpaired) electrons. The van der Waals surface area contributed by atoms with E-state index in [1.807, 2.05) is 23.7 Å². The quantitative estimate of drug-likeness (QED) is 0.567. The summed E-state index contributed by atoms with van der Waals surface area (Å²) in [5, 5.41) is 11.0. The zero-order valence-corrected chi connectivity index (χ0v) is 19.2. The van der Waals surface area contributed by atoms with Gasteiger partial charge in [0.15, 0.2) is 0 Å². The van der Waals surface area contributed by atoms with Crippen LogP contribution in [-0.2, 0) is 20.0 Å². The SMILES string of the molecule is CC1CCN(c2cc3c(cc2C(=O)O)nc(Cc2c(Cl)ccc(CN)c2Cl)n3C)CC1. The maximum Gasteiger partial charge on any atom is 0.337 e. The Morgan fingerprint density at radius 2 is 1.97 bits per heavy atom. The third-order valence-corrected chi connectivity index (χ3v) is 7.09. The van der Waals surface area contributed by atoms with Gasteiger partial charge < -0.3 is 20.3 Å². The lowest BCUT2D eigenvalue weighted by Gasteiger charge is -2.33. The van der Waals surface area contributed by atoms with Gasteiger partial charge in [-0.25, -0.2) is 9.78 Å². The van der Waals surface area contributed by atoms with Crippen LogP contribution in [0.15, 0.2) is 24.3 Å². The van der Waals surface area contributed by atoms with Gasteiger partial charge in [-0.05, 0) is 48.1 Å². The Hall–Kier alpha value is -2.28. The molecule has 2 aromatic carbocycles. The van der Waals surface area contributed by atoms with E-state index in [4.69, 9.17) is 33.9 Å². The minimum Gasteiger partial charge on any atom is -0.478 e. The molecule has 0 amide bonds. The molecule has 0 bridgehead atoms. The van der Waals surface area contributed by atoms with Crippen LogP contribution in [0.1, 0.15) is 47.1 Å². The number of rotatable bonds is 5. The number of aromatic carboxylic acids is 1. The lowest BCUT2D eigenvalue weighted by atomic mass is 9.98. The second kappa shape index (κ2) is 8.69. The molecule has 4 rings (SSSR count). The monoisotopic (exact) mass is 460 g/mol. The molecule has 3 N–H and O–H groups in total. The molecule has 164 valence electrons. The number of carboxylic acid groups (broad SMARTS) is 1. The standard InChI is InChI=1S/C23H26Cl2N4O2/c1-13-5-7-29(8-6-13)19-11-20-18(9-16(19)23(30)31)27-21(28(20)2)10-15-17(24)4-3-14(12-26)22(15)25/h3-4,9,11,13H,5-8,10,12,26H2,1-2H3,(H,30,31). The van der Waals surface area contributed by atoms with Gasteiger partial charge in [-0.15, -0.1) is 0 Å². The lowest BCUT2D eigenvalue weighted by molar-refractivity contribution is 0.0697. The van der Waals surface area contributed by atoms with Crippen LogP contribution in [0.4, 0.5) is 5.69 Å². The van der Waals surface area contributed by atoms with Gasteiger partial charge in [0.25, 0.3) is 0 Å². The molecule has 1 aliphatic rings. The third kappa shape index (κ3) is 4.12. The number of carboxylic acids is 1. The normalized spacial score (nSPS) is 15.1. The van der Waals surface area contributed by atoms with Crippen molar-refractivity contribution in [1.29, 1.82) is 0 Å². The topological polar surface area (TPSA) is 84.4 Å². The number of aromatic nitrogens is 2. The number of piperidine rings is 1. The highest BCUT2D eigenvalue weighted by atomic mass is 35.5. The summed E-state index contributed by atoms with van der Waals surface area (Å²) in [6, 6.07) is 7.25. The number of aryl methyl sites for hydroxylation is 1. The first-order valence-corrected chi connectivity index (χ1v) is 11.2. The molecule has 6 nitrogen and oxygen atoms in total. The smallest absolute Gasteiger partial charge is 0.337 e. The summed E-state index contributed by atoms with van der Waals surface area (Å²) in [5.41, 5.74) is 9.95. The van der Waals surface area contributed by atoms with Crippen molar-refractivity contribution < 1.29 is 9.90 Å². The van der Waals surface area contributed by atoms with Gasteiger partial charge in [-0.3, -0.25) is 0 Å². The van der Waals surface area contributed by atoms with E-state index in [-0.39, 0.29) is 5.56 Å². The summed E-state index contributed by atoms with van der Waals surface area (Å²) in [4.78, 5) is 18.9. The average molecular weight is 461 g/mol. The third-order valence-electron chi connectivity index (χ3n) is 6.27. The molecule has 1 aliphatic heterocycles. The van der Waals surface area contributed by atoms with Crippen LogP contribution in [-0.4, -0.2) is 33.7 Å². The Bertz CT molecular complexity index is 1150. The fourth-order valence-corrected chi connectivity index (χ4v) is 4.82. The molecular formula is C23H26Cl2N4O2. The number of anilines is 1. The first-order chi connectivity index (χ1) is 14.8. The highest BCUT2D eigenvalue weighted by Gasteiger charge is 2.24. The van der Waals surface area contributed by atoms with Crippen LogP contribution in [0.5, 0.6) is 0 Å². The van der Waals surface area contributed by atoms with Crippen molar-refractivity contribution in [2.24, 2.45) is 18.7 Å². The maximum atomic E-state index is 12.0. The number of nitrogens with zero attached hydrogens (tertiary/aromatic N) is 3.